The zero-order valence-corrected chi connectivity index (χ0v) is 30.9. The molecular formula is C41H45N9O2S. The molecular weight excluding hydrogens is 683 g/mol. The van der Waals surface area contributed by atoms with E-state index in [0.29, 0.717) is 49.9 Å². The third kappa shape index (κ3) is 7.73. The molecule has 53 heavy (non-hydrogen) atoms. The number of hydrogen-bond donors (Lipinski definition) is 0. The average Bonchev–Trinajstić information content (AvgIpc) is 3.60. The molecule has 0 bridgehead atoms. The van der Waals surface area contributed by atoms with Gasteiger partial charge in [0.2, 0.25) is 4.80 Å². The highest BCUT2D eigenvalue weighted by molar-refractivity contribution is 7.12. The van der Waals surface area contributed by atoms with Crippen LogP contribution < -0.4 is 14.6 Å². The van der Waals surface area contributed by atoms with E-state index in [-0.39, 0.29) is 17.9 Å². The number of pyridine rings is 2. The number of aromatic nitrogens is 4. The molecule has 5 aromatic rings. The zero-order chi connectivity index (χ0) is 36.1. The van der Waals surface area contributed by atoms with Crippen molar-refractivity contribution in [1.29, 1.82) is 0 Å². The largest absolute Gasteiger partial charge is 0.353 e. The van der Waals surface area contributed by atoms with Crippen molar-refractivity contribution in [2.75, 3.05) is 55.6 Å². The fourth-order valence-corrected chi connectivity index (χ4v) is 8.60. The fraction of sp³-hybridized carbons (Fsp3) is 0.366. The molecule has 2 amide bonds. The Kier molecular flexibility index (Phi) is 10.3. The third-order valence-electron chi connectivity index (χ3n) is 10.6. The lowest BCUT2D eigenvalue weighted by molar-refractivity contribution is 0.0653. The van der Waals surface area contributed by atoms with E-state index in [0.717, 1.165) is 58.5 Å². The van der Waals surface area contributed by atoms with Gasteiger partial charge < -0.3 is 19.6 Å². The van der Waals surface area contributed by atoms with E-state index in [4.69, 9.17) is 10.1 Å². The van der Waals surface area contributed by atoms with Gasteiger partial charge in [-0.25, -0.2) is 14.6 Å². The minimum atomic E-state index is -0.231. The highest BCUT2D eigenvalue weighted by Crippen LogP contribution is 2.31. The molecule has 1 saturated carbocycles. The molecule has 11 nitrogen and oxygen atoms in total. The molecule has 2 aromatic carbocycles. The Morgan fingerprint density at radius 3 is 1.98 bits per heavy atom. The summed E-state index contributed by atoms with van der Waals surface area (Å²) in [6.45, 7) is 4.55. The van der Waals surface area contributed by atoms with Crippen LogP contribution in [0.15, 0.2) is 102 Å². The van der Waals surface area contributed by atoms with Crippen molar-refractivity contribution in [3.63, 3.8) is 0 Å². The molecule has 3 aromatic heterocycles. The van der Waals surface area contributed by atoms with Gasteiger partial charge >= 0.3 is 0 Å². The number of piperazine rings is 2. The Morgan fingerprint density at radius 1 is 0.698 bits per heavy atom. The first-order chi connectivity index (χ1) is 26.0. The molecule has 2 aliphatic heterocycles. The van der Waals surface area contributed by atoms with Crippen LogP contribution in [0.25, 0.3) is 10.6 Å². The van der Waals surface area contributed by atoms with Crippen LogP contribution >= 0.6 is 11.3 Å². The van der Waals surface area contributed by atoms with Crippen molar-refractivity contribution < 1.29 is 9.59 Å². The SMILES string of the molecule is Cn1nc(-c2ccc(C(=O)N3CCN(c4ccccn4)CC3c3ccc(C(=O)N4CCN(c5ccccn5)CC4)cc3)cc2)sc1=NC1CCCCC1. The Labute approximate surface area is 314 Å². The molecule has 0 radical (unpaired) electrons. The number of carbonyl (C=O) groups excluding carboxylic acids is 2. The van der Waals surface area contributed by atoms with Gasteiger partial charge in [-0.1, -0.05) is 67.0 Å². The lowest BCUT2D eigenvalue weighted by Gasteiger charge is -2.42. The van der Waals surface area contributed by atoms with Crippen LogP contribution in [0.3, 0.4) is 0 Å². The van der Waals surface area contributed by atoms with E-state index in [1.165, 1.54) is 19.3 Å². The molecule has 272 valence electrons. The summed E-state index contributed by atoms with van der Waals surface area (Å²) in [5, 5.41) is 5.66. The molecule has 5 heterocycles. The fourth-order valence-electron chi connectivity index (χ4n) is 7.64. The number of carbonyl (C=O) groups is 2. The van der Waals surface area contributed by atoms with E-state index in [2.05, 4.69) is 19.8 Å². The molecule has 0 spiro atoms. The first-order valence-electron chi connectivity index (χ1n) is 18.7. The lowest BCUT2D eigenvalue weighted by Crippen LogP contribution is -2.51. The molecule has 1 atom stereocenters. The summed E-state index contributed by atoms with van der Waals surface area (Å²) >= 11 is 1.60. The van der Waals surface area contributed by atoms with E-state index in [9.17, 15) is 9.59 Å². The second-order valence-corrected chi connectivity index (χ2v) is 15.0. The van der Waals surface area contributed by atoms with Crippen molar-refractivity contribution in [2.45, 2.75) is 44.2 Å². The quantitative estimate of drug-likeness (QED) is 0.208. The highest BCUT2D eigenvalue weighted by Gasteiger charge is 2.33. The number of aryl methyl sites for hydroxylation is 1. The lowest BCUT2D eigenvalue weighted by atomic mass is 9.96. The summed E-state index contributed by atoms with van der Waals surface area (Å²) in [7, 11) is 1.96. The van der Waals surface area contributed by atoms with Crippen LogP contribution in [-0.2, 0) is 7.05 Å². The first kappa shape index (κ1) is 34.7. The second kappa shape index (κ2) is 15.7. The van der Waals surface area contributed by atoms with Crippen LogP contribution in [0.4, 0.5) is 11.6 Å². The van der Waals surface area contributed by atoms with Crippen molar-refractivity contribution >= 4 is 34.8 Å². The van der Waals surface area contributed by atoms with Crippen LogP contribution in [0.5, 0.6) is 0 Å². The molecule has 8 rings (SSSR count). The van der Waals surface area contributed by atoms with Gasteiger partial charge in [0.05, 0.1) is 12.1 Å². The minimum Gasteiger partial charge on any atom is -0.353 e. The number of nitrogens with zero attached hydrogens (tertiary/aromatic N) is 9. The van der Waals surface area contributed by atoms with Gasteiger partial charge in [-0.3, -0.25) is 14.6 Å². The molecule has 0 N–H and O–H groups in total. The van der Waals surface area contributed by atoms with Crippen LogP contribution in [0.1, 0.15) is 64.4 Å². The van der Waals surface area contributed by atoms with Gasteiger partial charge in [0, 0.05) is 81.9 Å². The third-order valence-corrected chi connectivity index (χ3v) is 11.7. The van der Waals surface area contributed by atoms with Crippen molar-refractivity contribution in [1.82, 2.24) is 29.5 Å². The van der Waals surface area contributed by atoms with Crippen molar-refractivity contribution in [3.8, 4) is 10.6 Å². The Hall–Kier alpha value is -5.36. The molecule has 3 aliphatic rings. The normalized spacial score (nSPS) is 18.7. The van der Waals surface area contributed by atoms with Gasteiger partial charge in [-0.2, -0.15) is 5.10 Å². The minimum absolute atomic E-state index is 0.0209. The maximum absolute atomic E-state index is 14.3. The number of hydrogen-bond acceptors (Lipinski definition) is 9. The van der Waals surface area contributed by atoms with Gasteiger partial charge in [0.25, 0.3) is 11.8 Å². The topological polar surface area (TPSA) is 103 Å². The van der Waals surface area contributed by atoms with Crippen molar-refractivity contribution in [3.05, 3.63) is 119 Å². The first-order valence-corrected chi connectivity index (χ1v) is 19.5. The summed E-state index contributed by atoms with van der Waals surface area (Å²) in [5.41, 5.74) is 3.24. The van der Waals surface area contributed by atoms with Gasteiger partial charge in [-0.05, 0) is 66.9 Å². The number of amides is 2. The van der Waals surface area contributed by atoms with Crippen LogP contribution in [-0.4, -0.2) is 93.2 Å². The standard InChI is InChI=1S/C41H45N9O2S/c1-46-41(44-34-9-3-2-4-10-34)53-38(45-46)31-15-19-33(20-16-31)40(52)50-28-27-49(37-12-6-8-22-43-37)29-35(50)30-13-17-32(18-14-30)39(51)48-25-23-47(24-26-48)36-11-5-7-21-42-36/h5-8,11-22,34-35H,2-4,9-10,23-29H2,1H3. The summed E-state index contributed by atoms with van der Waals surface area (Å²) in [6, 6.07) is 27.6. The van der Waals surface area contributed by atoms with Crippen LogP contribution in [0, 0.1) is 0 Å². The zero-order valence-electron chi connectivity index (χ0n) is 30.1. The summed E-state index contributed by atoms with van der Waals surface area (Å²) in [6.07, 6.45) is 9.69. The van der Waals surface area contributed by atoms with E-state index in [1.807, 2.05) is 106 Å². The maximum atomic E-state index is 14.3. The Bertz CT molecular complexity index is 2070. The van der Waals surface area contributed by atoms with E-state index < -0.39 is 0 Å². The highest BCUT2D eigenvalue weighted by atomic mass is 32.1. The predicted molar refractivity (Wildman–Crippen MR) is 208 cm³/mol. The van der Waals surface area contributed by atoms with Gasteiger partial charge in [-0.15, -0.1) is 0 Å². The number of rotatable bonds is 7. The predicted octanol–water partition coefficient (Wildman–Crippen LogP) is 5.84. The maximum Gasteiger partial charge on any atom is 0.254 e. The van der Waals surface area contributed by atoms with Crippen molar-refractivity contribution in [2.24, 2.45) is 12.0 Å². The molecule has 1 unspecified atom stereocenters. The monoisotopic (exact) mass is 727 g/mol. The summed E-state index contributed by atoms with van der Waals surface area (Å²) in [4.78, 5) is 51.2. The smallest absolute Gasteiger partial charge is 0.254 e. The van der Waals surface area contributed by atoms with Gasteiger partial charge in [0.15, 0.2) is 0 Å². The average molecular weight is 728 g/mol. The molecule has 3 fully saturated rings. The Balaban J connectivity index is 0.988. The van der Waals surface area contributed by atoms with E-state index in [1.54, 1.807) is 23.7 Å². The Morgan fingerprint density at radius 2 is 1.32 bits per heavy atom. The molecule has 1 aliphatic carbocycles. The molecule has 12 heteroatoms. The number of benzene rings is 2. The molecule has 2 saturated heterocycles. The van der Waals surface area contributed by atoms with Crippen LogP contribution in [0.2, 0.25) is 0 Å². The van der Waals surface area contributed by atoms with Gasteiger partial charge in [0.1, 0.15) is 16.6 Å². The summed E-state index contributed by atoms with van der Waals surface area (Å²) < 4.78 is 1.88. The summed E-state index contributed by atoms with van der Waals surface area (Å²) in [5.74, 6) is 1.82. The van der Waals surface area contributed by atoms with E-state index >= 15 is 0 Å². The number of anilines is 2. The second-order valence-electron chi connectivity index (χ2n) is 14.0.